The lowest BCUT2D eigenvalue weighted by Crippen LogP contribution is -2.09. The highest BCUT2D eigenvalue weighted by Gasteiger charge is 2.27. The molecule has 2 unspecified atom stereocenters. The van der Waals surface area contributed by atoms with E-state index in [0.29, 0.717) is 11.1 Å². The summed E-state index contributed by atoms with van der Waals surface area (Å²) in [4.78, 5) is 9.41. The third-order valence-electron chi connectivity index (χ3n) is 4.12. The monoisotopic (exact) mass is 376 g/mol. The highest BCUT2D eigenvalue weighted by Crippen LogP contribution is 2.41. The molecular formula is C24H28N2O2. The fraction of sp³-hybridized carbons (Fsp3) is 0.250. The van der Waals surface area contributed by atoms with Gasteiger partial charge in [0.25, 0.3) is 0 Å². The molecule has 0 amide bonds. The van der Waals surface area contributed by atoms with Crippen LogP contribution in [0, 0.1) is 0 Å². The molecule has 0 aliphatic rings. The maximum Gasteiger partial charge on any atom is 0.121 e. The van der Waals surface area contributed by atoms with Crippen LogP contribution in [0.2, 0.25) is 0 Å². The number of hydrogen-bond donors (Lipinski definition) is 2. The molecule has 0 aromatic heterocycles. The Bertz CT molecular complexity index is 827. The lowest BCUT2D eigenvalue weighted by atomic mass is 9.93. The zero-order valence-electron chi connectivity index (χ0n) is 16.9. The summed E-state index contributed by atoms with van der Waals surface area (Å²) < 4.78 is 0. The summed E-state index contributed by atoms with van der Waals surface area (Å²) in [6.07, 6.45) is 7.29. The van der Waals surface area contributed by atoms with E-state index >= 15 is 0 Å². The number of aliphatic imine (C=N–C) groups is 2. The van der Waals surface area contributed by atoms with Gasteiger partial charge in [0.15, 0.2) is 0 Å². The molecule has 0 spiro atoms. The average molecular weight is 377 g/mol. The number of benzene rings is 2. The van der Waals surface area contributed by atoms with Gasteiger partial charge >= 0.3 is 0 Å². The molecule has 0 saturated carbocycles. The Morgan fingerprint density at radius 3 is 1.36 bits per heavy atom. The van der Waals surface area contributed by atoms with E-state index in [0.717, 1.165) is 11.1 Å². The molecule has 2 aromatic carbocycles. The Morgan fingerprint density at radius 2 is 1.04 bits per heavy atom. The number of para-hydroxylation sites is 2. The van der Waals surface area contributed by atoms with Crippen molar-refractivity contribution in [3.63, 3.8) is 0 Å². The van der Waals surface area contributed by atoms with E-state index < -0.39 is 12.1 Å². The second-order valence-electron chi connectivity index (χ2n) is 7.09. The number of allylic oxidation sites excluding steroid dienone is 4. The molecule has 4 nitrogen and oxygen atoms in total. The van der Waals surface area contributed by atoms with E-state index in [1.54, 1.807) is 36.7 Å². The molecule has 0 fully saturated rings. The van der Waals surface area contributed by atoms with Crippen molar-refractivity contribution in [3.05, 3.63) is 83.0 Å². The van der Waals surface area contributed by atoms with Crippen molar-refractivity contribution < 1.29 is 10.2 Å². The lowest BCUT2D eigenvalue weighted by molar-refractivity contribution is 0.438. The number of hydrogen-bond acceptors (Lipinski definition) is 4. The number of phenolic OH excluding ortho intramolecular Hbond substituents is 2. The smallest absolute Gasteiger partial charge is 0.121 e. The van der Waals surface area contributed by atoms with E-state index in [1.165, 1.54) is 0 Å². The van der Waals surface area contributed by atoms with Crippen molar-refractivity contribution in [1.29, 1.82) is 0 Å². The first kappa shape index (κ1) is 21.2. The minimum absolute atomic E-state index is 0.152. The van der Waals surface area contributed by atoms with E-state index in [2.05, 4.69) is 0 Å². The minimum atomic E-state index is -0.494. The summed E-state index contributed by atoms with van der Waals surface area (Å²) in [7, 11) is 0. The van der Waals surface area contributed by atoms with Gasteiger partial charge in [-0.05, 0) is 52.0 Å². The predicted molar refractivity (Wildman–Crippen MR) is 118 cm³/mol. The third kappa shape index (κ3) is 5.95. The van der Waals surface area contributed by atoms with Crippen molar-refractivity contribution in [2.24, 2.45) is 9.98 Å². The maximum atomic E-state index is 10.5. The van der Waals surface area contributed by atoms with Crippen molar-refractivity contribution in [2.45, 2.75) is 39.8 Å². The zero-order chi connectivity index (χ0) is 20.5. The van der Waals surface area contributed by atoms with E-state index in [1.807, 2.05) is 64.1 Å². The summed E-state index contributed by atoms with van der Waals surface area (Å²) in [6.45, 7) is 7.98. The molecule has 146 valence electrons. The molecule has 2 N–H and O–H groups in total. The van der Waals surface area contributed by atoms with Crippen molar-refractivity contribution >= 4 is 12.4 Å². The van der Waals surface area contributed by atoms with Crippen LogP contribution in [0.4, 0.5) is 0 Å². The van der Waals surface area contributed by atoms with Crippen LogP contribution < -0.4 is 0 Å². The van der Waals surface area contributed by atoms with Gasteiger partial charge in [-0.2, -0.15) is 0 Å². The summed E-state index contributed by atoms with van der Waals surface area (Å²) >= 11 is 0. The zero-order valence-corrected chi connectivity index (χ0v) is 16.9. The molecule has 28 heavy (non-hydrogen) atoms. The quantitative estimate of drug-likeness (QED) is 0.586. The highest BCUT2D eigenvalue weighted by atomic mass is 16.3. The molecule has 0 radical (unpaired) electrons. The largest absolute Gasteiger partial charge is 0.508 e. The lowest BCUT2D eigenvalue weighted by Gasteiger charge is -2.23. The fourth-order valence-electron chi connectivity index (χ4n) is 2.71. The van der Waals surface area contributed by atoms with Gasteiger partial charge in [0, 0.05) is 23.6 Å². The van der Waals surface area contributed by atoms with Crippen LogP contribution in [0.1, 0.15) is 50.9 Å². The summed E-state index contributed by atoms with van der Waals surface area (Å²) in [5.74, 6) is 0.305. The first-order valence-electron chi connectivity index (χ1n) is 9.29. The van der Waals surface area contributed by atoms with Gasteiger partial charge in [-0.1, -0.05) is 47.5 Å². The maximum absolute atomic E-state index is 10.5. The first-order valence-corrected chi connectivity index (χ1v) is 9.29. The molecule has 2 aromatic rings. The Kier molecular flexibility index (Phi) is 7.76. The van der Waals surface area contributed by atoms with Crippen LogP contribution in [0.3, 0.4) is 0 Å². The normalized spacial score (nSPS) is 13.4. The van der Waals surface area contributed by atoms with Gasteiger partial charge < -0.3 is 10.2 Å². The van der Waals surface area contributed by atoms with Crippen LogP contribution in [0.5, 0.6) is 11.5 Å². The van der Waals surface area contributed by atoms with Crippen LogP contribution in [-0.2, 0) is 0 Å². The highest BCUT2D eigenvalue weighted by molar-refractivity contribution is 5.73. The second-order valence-corrected chi connectivity index (χ2v) is 7.09. The average Bonchev–Trinajstić information content (AvgIpc) is 2.64. The molecule has 0 aliphatic heterocycles. The van der Waals surface area contributed by atoms with Gasteiger partial charge in [0.1, 0.15) is 23.6 Å². The van der Waals surface area contributed by atoms with E-state index in [-0.39, 0.29) is 11.5 Å². The Hall–Kier alpha value is -3.14. The summed E-state index contributed by atoms with van der Waals surface area (Å²) in [5.41, 5.74) is 3.55. The number of rotatable bonds is 7. The van der Waals surface area contributed by atoms with Crippen molar-refractivity contribution in [2.75, 3.05) is 0 Å². The van der Waals surface area contributed by atoms with Gasteiger partial charge in [0.2, 0.25) is 0 Å². The van der Waals surface area contributed by atoms with E-state index in [9.17, 15) is 10.2 Å². The molecular weight excluding hydrogens is 348 g/mol. The number of nitrogens with zero attached hydrogens (tertiary/aromatic N) is 2. The molecule has 4 heteroatoms. The summed E-state index contributed by atoms with van der Waals surface area (Å²) in [5, 5.41) is 20.9. The van der Waals surface area contributed by atoms with Crippen LogP contribution >= 0.6 is 0 Å². The van der Waals surface area contributed by atoms with Crippen LogP contribution in [-0.4, -0.2) is 22.6 Å². The molecule has 0 bridgehead atoms. The molecule has 0 aliphatic carbocycles. The molecule has 0 saturated heterocycles. The summed E-state index contributed by atoms with van der Waals surface area (Å²) in [6, 6.07) is 13.2. The Labute approximate surface area is 167 Å². The first-order chi connectivity index (χ1) is 13.4. The van der Waals surface area contributed by atoms with Gasteiger partial charge in [-0.15, -0.1) is 0 Å². The minimum Gasteiger partial charge on any atom is -0.508 e. The van der Waals surface area contributed by atoms with Crippen LogP contribution in [0.15, 0.2) is 81.8 Å². The van der Waals surface area contributed by atoms with Crippen molar-refractivity contribution in [3.8, 4) is 11.5 Å². The standard InChI is InChI=1S/C24H28N2O2/c1-17(2)13-15-25-23(19-9-5-7-11-21(19)27)24(26-16-14-18(3)4)20-10-6-8-12-22(20)28/h5-16,23-24,27-28H,1-4H3. The van der Waals surface area contributed by atoms with Gasteiger partial charge in [-0.3, -0.25) is 9.98 Å². The molecule has 2 atom stereocenters. The van der Waals surface area contributed by atoms with Gasteiger partial charge in [0.05, 0.1) is 0 Å². The SMILES string of the molecule is CC(C)=CC=NC(c1ccccc1O)C(N=CC=C(C)C)c1ccccc1O. The number of phenols is 2. The number of aromatic hydroxyl groups is 2. The predicted octanol–water partition coefficient (Wildman–Crippen LogP) is 5.95. The third-order valence-corrected chi connectivity index (χ3v) is 4.12. The molecule has 0 heterocycles. The second kappa shape index (κ2) is 10.3. The van der Waals surface area contributed by atoms with E-state index in [4.69, 9.17) is 9.98 Å². The Balaban J connectivity index is 2.63. The van der Waals surface area contributed by atoms with Crippen LogP contribution in [0.25, 0.3) is 0 Å². The molecule has 2 rings (SSSR count). The van der Waals surface area contributed by atoms with Crippen molar-refractivity contribution in [1.82, 2.24) is 0 Å². The van der Waals surface area contributed by atoms with Gasteiger partial charge in [-0.25, -0.2) is 0 Å². The topological polar surface area (TPSA) is 65.2 Å². The fourth-order valence-corrected chi connectivity index (χ4v) is 2.71. The Morgan fingerprint density at radius 1 is 0.679 bits per heavy atom.